The van der Waals surface area contributed by atoms with Crippen LogP contribution >= 0.6 is 7.82 Å². The van der Waals surface area contributed by atoms with Gasteiger partial charge in [-0.25, -0.2) is 0 Å². The van der Waals surface area contributed by atoms with E-state index in [4.69, 9.17) is 9.05 Å². The highest BCUT2D eigenvalue weighted by atomic mass is 31.2. The molecule has 0 rings (SSSR count). The van der Waals surface area contributed by atoms with Crippen LogP contribution in [0, 0.1) is 0 Å². The molecule has 0 fully saturated rings. The number of phosphoric acid groups is 1. The maximum Gasteiger partial charge on any atom is 0.268 e. The highest BCUT2D eigenvalue weighted by Gasteiger charge is 2.23. The Morgan fingerprint density at radius 3 is 1.20 bits per heavy atom. The van der Waals surface area contributed by atoms with Gasteiger partial charge in [-0.15, -0.1) is 0 Å². The van der Waals surface area contributed by atoms with E-state index < -0.39 is 26.6 Å². The maximum absolute atomic E-state index is 12.9. The lowest BCUT2D eigenvalue weighted by atomic mass is 10.1. The van der Waals surface area contributed by atoms with E-state index in [1.165, 1.54) is 19.3 Å². The molecule has 0 heterocycles. The molecule has 0 aromatic carbocycles. The van der Waals surface area contributed by atoms with E-state index in [1.54, 1.807) is 6.08 Å². The molecule has 3 unspecified atom stereocenters. The van der Waals surface area contributed by atoms with Crippen molar-refractivity contribution in [3.05, 3.63) is 182 Å². The topological polar surface area (TPSA) is 108 Å². The molecule has 0 aromatic rings. The Kier molecular flexibility index (Phi) is 50.3. The van der Waals surface area contributed by atoms with Crippen LogP contribution in [-0.2, 0) is 18.4 Å². The van der Waals surface area contributed by atoms with Crippen molar-refractivity contribution in [1.29, 1.82) is 0 Å². The van der Waals surface area contributed by atoms with Crippen LogP contribution < -0.4 is 10.2 Å². The summed E-state index contributed by atoms with van der Waals surface area (Å²) >= 11 is 0. The van der Waals surface area contributed by atoms with E-state index in [2.05, 4.69) is 189 Å². The van der Waals surface area contributed by atoms with Gasteiger partial charge in [0.1, 0.15) is 13.2 Å². The smallest absolute Gasteiger partial charge is 0.268 e. The molecule has 414 valence electrons. The number of rotatable bonds is 48. The highest BCUT2D eigenvalue weighted by molar-refractivity contribution is 7.45. The number of likely N-dealkylation sites (N-methyl/N-ethyl adjacent to an activating group) is 1. The Morgan fingerprint density at radius 2 is 0.824 bits per heavy atom. The number of carbonyl (C=O) groups excluding carboxylic acids is 1. The molecule has 2 N–H and O–H groups in total. The second kappa shape index (κ2) is 53.4. The molecule has 0 aromatic heterocycles. The molecule has 9 heteroatoms. The summed E-state index contributed by atoms with van der Waals surface area (Å²) in [6.07, 6.45) is 87.0. The number of carbonyl (C=O) groups is 1. The molecule has 74 heavy (non-hydrogen) atoms. The first kappa shape index (κ1) is 69.6. The first-order chi connectivity index (χ1) is 36.0. The molecule has 0 aliphatic rings. The van der Waals surface area contributed by atoms with Crippen LogP contribution in [0.5, 0.6) is 0 Å². The number of aliphatic hydroxyl groups excluding tert-OH is 1. The van der Waals surface area contributed by atoms with Crippen molar-refractivity contribution in [1.82, 2.24) is 5.32 Å². The molecule has 0 radical (unpaired) electrons. The van der Waals surface area contributed by atoms with Crippen molar-refractivity contribution < 1.29 is 32.9 Å². The van der Waals surface area contributed by atoms with Crippen molar-refractivity contribution in [3.8, 4) is 0 Å². The fourth-order valence-corrected chi connectivity index (χ4v) is 7.41. The van der Waals surface area contributed by atoms with Crippen molar-refractivity contribution in [3.63, 3.8) is 0 Å². The van der Waals surface area contributed by atoms with Gasteiger partial charge in [-0.05, 0) is 135 Å². The van der Waals surface area contributed by atoms with Crippen LogP contribution in [0.1, 0.15) is 168 Å². The van der Waals surface area contributed by atoms with Crippen LogP contribution in [0.25, 0.3) is 0 Å². The minimum Gasteiger partial charge on any atom is -0.756 e. The van der Waals surface area contributed by atoms with E-state index in [9.17, 15) is 19.4 Å². The summed E-state index contributed by atoms with van der Waals surface area (Å²) < 4.78 is 23.2. The largest absolute Gasteiger partial charge is 0.756 e. The molecule has 3 atom stereocenters. The Morgan fingerprint density at radius 1 is 0.486 bits per heavy atom. The monoisotopic (exact) mass is 1040 g/mol. The van der Waals surface area contributed by atoms with Gasteiger partial charge in [0, 0.05) is 6.42 Å². The predicted octanol–water partition coefficient (Wildman–Crippen LogP) is 16.8. The summed E-state index contributed by atoms with van der Waals surface area (Å²) in [6.45, 7) is 4.39. The van der Waals surface area contributed by atoms with Gasteiger partial charge in [0.05, 0.1) is 39.9 Å². The number of amides is 1. The minimum absolute atomic E-state index is 0.0284. The number of nitrogens with one attached hydrogen (secondary N) is 1. The number of allylic oxidation sites excluding steroid dienone is 29. The summed E-state index contributed by atoms with van der Waals surface area (Å²) in [5.74, 6) is -0.264. The fourth-order valence-electron chi connectivity index (χ4n) is 6.69. The van der Waals surface area contributed by atoms with E-state index in [-0.39, 0.29) is 18.9 Å². The molecule has 0 aliphatic carbocycles. The quantitative estimate of drug-likeness (QED) is 0.0272. The van der Waals surface area contributed by atoms with Crippen molar-refractivity contribution in [2.45, 2.75) is 180 Å². The molecule has 0 spiro atoms. The van der Waals surface area contributed by atoms with Gasteiger partial charge in [-0.3, -0.25) is 9.36 Å². The summed E-state index contributed by atoms with van der Waals surface area (Å²) in [5.41, 5.74) is 0. The fraction of sp³-hybridized carbons (Fsp3) is 0.523. The van der Waals surface area contributed by atoms with E-state index in [1.807, 2.05) is 27.2 Å². The third-order valence-corrected chi connectivity index (χ3v) is 12.0. The molecular weight excluding hydrogens is 936 g/mol. The summed E-state index contributed by atoms with van der Waals surface area (Å²) in [5, 5.41) is 13.7. The molecule has 0 bridgehead atoms. The summed E-state index contributed by atoms with van der Waals surface area (Å²) in [4.78, 5) is 25.4. The molecule has 0 saturated carbocycles. The average molecular weight is 1040 g/mol. The zero-order valence-corrected chi connectivity index (χ0v) is 47.8. The van der Waals surface area contributed by atoms with E-state index >= 15 is 0 Å². The average Bonchev–Trinajstić information content (AvgIpc) is 3.36. The SMILES string of the molecule is CC/C=C\C/C=C\C/C=C\C/C=C\C/C=C\C/C=C\C/C=C\C/C=C\C/C=C\C/C=C\C/C=C\C/C=C\CCCCC(=O)NC(COP(=O)([O-])OCC[N+](C)(C)C)C(O)/C=C/CC/C=C/CC/C=C/CCCCC. The standard InChI is InChI=1S/C65H103N2O6P/c1-6-8-10-12-14-16-18-20-21-22-23-24-25-26-27-28-29-30-31-32-33-34-35-36-37-38-39-40-41-42-43-44-45-47-49-51-53-55-57-59-65(69)66-63(62-73-74(70,71)72-61-60-67(3,4)5)64(68)58-56-54-52-50-48-46-19-17-15-13-11-9-7-2/h8,10,14-17,20-21,23-24,26-27,29-30,32-33,35-36,38-39,41-42,44-45,48-51,56,58,63-64,68H,6-7,9,11-13,18-19,22,25,28,31,34,37,40,43,46-47,52-55,57,59-62H2,1-5H3,(H-,66,69,70,71)/b10-8-,16-14-,17-15+,21-20-,24-23-,27-26-,30-29-,33-32-,36-35-,39-38-,42-41-,45-44-,50-48+,51-49-,58-56+. The molecule has 1 amide bonds. The highest BCUT2D eigenvalue weighted by Crippen LogP contribution is 2.38. The first-order valence-electron chi connectivity index (χ1n) is 28.1. The lowest BCUT2D eigenvalue weighted by Crippen LogP contribution is -2.45. The van der Waals surface area contributed by atoms with Gasteiger partial charge in [0.2, 0.25) is 5.91 Å². The van der Waals surface area contributed by atoms with Gasteiger partial charge in [-0.2, -0.15) is 0 Å². The number of nitrogens with zero attached hydrogens (tertiary/aromatic N) is 1. The third kappa shape index (κ3) is 55.4. The molecular formula is C65H103N2O6P. The Labute approximate surface area is 453 Å². The normalized spacial score (nSPS) is 15.3. The molecule has 0 saturated heterocycles. The second-order valence-corrected chi connectivity index (χ2v) is 20.6. The van der Waals surface area contributed by atoms with Crippen LogP contribution in [0.2, 0.25) is 0 Å². The second-order valence-electron chi connectivity index (χ2n) is 19.2. The summed E-state index contributed by atoms with van der Waals surface area (Å²) in [6, 6.07) is -0.946. The van der Waals surface area contributed by atoms with Crippen molar-refractivity contribution in [2.24, 2.45) is 0 Å². The van der Waals surface area contributed by atoms with Crippen LogP contribution in [0.3, 0.4) is 0 Å². The van der Waals surface area contributed by atoms with E-state index in [0.29, 0.717) is 23.9 Å². The first-order valence-corrected chi connectivity index (χ1v) is 29.6. The number of unbranched alkanes of at least 4 members (excludes halogenated alkanes) is 7. The Bertz CT molecular complexity index is 1850. The van der Waals surface area contributed by atoms with Gasteiger partial charge < -0.3 is 28.8 Å². The van der Waals surface area contributed by atoms with Crippen LogP contribution in [-0.4, -0.2) is 68.5 Å². The number of phosphoric ester groups is 1. The van der Waals surface area contributed by atoms with E-state index in [0.717, 1.165) is 116 Å². The Balaban J connectivity index is 4.30. The number of hydrogen-bond acceptors (Lipinski definition) is 6. The lowest BCUT2D eigenvalue weighted by Gasteiger charge is -2.29. The van der Waals surface area contributed by atoms with Gasteiger partial charge >= 0.3 is 0 Å². The maximum atomic E-state index is 12.9. The molecule has 8 nitrogen and oxygen atoms in total. The zero-order valence-electron chi connectivity index (χ0n) is 46.9. The number of aliphatic hydroxyl groups is 1. The van der Waals surface area contributed by atoms with Crippen LogP contribution in [0.15, 0.2) is 182 Å². The van der Waals surface area contributed by atoms with Crippen molar-refractivity contribution in [2.75, 3.05) is 40.9 Å². The van der Waals surface area contributed by atoms with Gasteiger partial charge in [-0.1, -0.05) is 209 Å². The number of hydrogen-bond donors (Lipinski definition) is 2. The van der Waals surface area contributed by atoms with Gasteiger partial charge in [0.15, 0.2) is 0 Å². The minimum atomic E-state index is -4.63. The van der Waals surface area contributed by atoms with Gasteiger partial charge in [0.25, 0.3) is 7.82 Å². The molecule has 0 aliphatic heterocycles. The Hall–Kier alpha value is -4.40. The zero-order chi connectivity index (χ0) is 54.2. The number of quaternary nitrogens is 1. The lowest BCUT2D eigenvalue weighted by molar-refractivity contribution is -0.870. The van der Waals surface area contributed by atoms with Crippen molar-refractivity contribution >= 4 is 13.7 Å². The van der Waals surface area contributed by atoms with Crippen LogP contribution in [0.4, 0.5) is 0 Å². The third-order valence-electron chi connectivity index (χ3n) is 11.1. The summed E-state index contributed by atoms with van der Waals surface area (Å²) in [7, 11) is 1.17. The predicted molar refractivity (Wildman–Crippen MR) is 320 cm³/mol.